The molecule has 0 unspecified atom stereocenters. The van der Waals surface area contributed by atoms with Gasteiger partial charge in [-0.15, -0.1) is 0 Å². The molecule has 17 heavy (non-hydrogen) atoms. The van der Waals surface area contributed by atoms with Crippen LogP contribution in [0.3, 0.4) is 0 Å². The van der Waals surface area contributed by atoms with Crippen molar-refractivity contribution in [3.05, 3.63) is 0 Å². The summed E-state index contributed by atoms with van der Waals surface area (Å²) in [6.45, 7) is 1.23. The fourth-order valence-electron chi connectivity index (χ4n) is 3.07. The molecular weight excluding hydrogens is 228 g/mol. The Labute approximate surface area is 98.5 Å². The average Bonchev–Trinajstić information content (AvgIpc) is 2.39. The topological polar surface area (TPSA) is 58.4 Å². The zero-order chi connectivity index (χ0) is 12.3. The maximum atomic E-state index is 12.6. The number of nitrogens with zero attached hydrogens (tertiary/aromatic N) is 1. The van der Waals surface area contributed by atoms with Crippen molar-refractivity contribution in [2.75, 3.05) is 13.1 Å². The van der Waals surface area contributed by atoms with Gasteiger partial charge in [0.25, 0.3) is 5.92 Å². The van der Waals surface area contributed by atoms with E-state index in [-0.39, 0.29) is 30.5 Å². The SMILES string of the molecule is N[C@]12CC[C@H]1CN(C(=O)NC1CC(F)(F)C1)C2. The molecular formula is C11H17F2N3O. The molecule has 2 aliphatic carbocycles. The number of fused-ring (bicyclic) bond motifs is 1. The van der Waals surface area contributed by atoms with Crippen LogP contribution < -0.4 is 11.1 Å². The normalized spacial score (nSPS) is 39.2. The number of rotatable bonds is 1. The second kappa shape index (κ2) is 3.31. The fourth-order valence-corrected chi connectivity index (χ4v) is 3.07. The smallest absolute Gasteiger partial charge is 0.317 e. The van der Waals surface area contributed by atoms with Gasteiger partial charge in [0.2, 0.25) is 0 Å². The number of carbonyl (C=O) groups is 1. The molecule has 0 aromatic rings. The molecule has 96 valence electrons. The number of nitrogens with two attached hydrogens (primary N) is 1. The van der Waals surface area contributed by atoms with Crippen molar-refractivity contribution in [2.24, 2.45) is 11.7 Å². The molecule has 3 rings (SSSR count). The molecule has 6 heteroatoms. The summed E-state index contributed by atoms with van der Waals surface area (Å²) < 4.78 is 25.3. The average molecular weight is 245 g/mol. The van der Waals surface area contributed by atoms with Crippen molar-refractivity contribution in [1.29, 1.82) is 0 Å². The second-order valence-corrected chi connectivity index (χ2v) is 5.76. The quantitative estimate of drug-likeness (QED) is 0.721. The third kappa shape index (κ3) is 1.78. The van der Waals surface area contributed by atoms with Crippen LogP contribution in [0.5, 0.6) is 0 Å². The minimum absolute atomic E-state index is 0.207. The number of carbonyl (C=O) groups excluding carboxylic acids is 1. The summed E-state index contributed by atoms with van der Waals surface area (Å²) in [4.78, 5) is 13.5. The Hall–Kier alpha value is -0.910. The molecule has 0 spiro atoms. The van der Waals surface area contributed by atoms with Crippen LogP contribution in [0.1, 0.15) is 25.7 Å². The first-order valence-corrected chi connectivity index (χ1v) is 6.10. The van der Waals surface area contributed by atoms with Crippen molar-refractivity contribution < 1.29 is 13.6 Å². The summed E-state index contributed by atoms with van der Waals surface area (Å²) in [7, 11) is 0. The standard InChI is InChI=1S/C11H17F2N3O/c12-11(13)3-8(4-11)15-9(17)16-5-7-1-2-10(7,14)6-16/h7-8H,1-6,14H2,(H,15,17)/t7-,10-/m0/s1. The Balaban J connectivity index is 1.51. The monoisotopic (exact) mass is 245 g/mol. The maximum Gasteiger partial charge on any atom is 0.317 e. The van der Waals surface area contributed by atoms with Gasteiger partial charge in [0.1, 0.15) is 0 Å². The van der Waals surface area contributed by atoms with E-state index in [1.54, 1.807) is 4.90 Å². The highest BCUT2D eigenvalue weighted by Gasteiger charge is 2.52. The lowest BCUT2D eigenvalue weighted by molar-refractivity contribution is -0.0902. The third-order valence-electron chi connectivity index (χ3n) is 4.40. The summed E-state index contributed by atoms with van der Waals surface area (Å²) in [5.41, 5.74) is 5.91. The van der Waals surface area contributed by atoms with Gasteiger partial charge in [-0.2, -0.15) is 0 Å². The molecule has 0 radical (unpaired) electrons. The highest BCUT2D eigenvalue weighted by molar-refractivity contribution is 5.75. The lowest BCUT2D eigenvalue weighted by Gasteiger charge is -2.40. The number of halogens is 2. The molecule has 0 aromatic carbocycles. The van der Waals surface area contributed by atoms with Crippen LogP contribution in [0, 0.1) is 5.92 Å². The van der Waals surface area contributed by atoms with Gasteiger partial charge >= 0.3 is 6.03 Å². The lowest BCUT2D eigenvalue weighted by atomic mass is 9.70. The van der Waals surface area contributed by atoms with Gasteiger partial charge in [-0.25, -0.2) is 13.6 Å². The molecule has 3 aliphatic rings. The van der Waals surface area contributed by atoms with E-state index in [2.05, 4.69) is 5.32 Å². The third-order valence-corrected chi connectivity index (χ3v) is 4.40. The summed E-state index contributed by atoms with van der Waals surface area (Å²) in [5, 5.41) is 2.65. The van der Waals surface area contributed by atoms with E-state index >= 15 is 0 Å². The molecule has 0 aromatic heterocycles. The van der Waals surface area contributed by atoms with E-state index in [4.69, 9.17) is 5.73 Å². The molecule has 1 heterocycles. The number of likely N-dealkylation sites (tertiary alicyclic amines) is 1. The minimum atomic E-state index is -2.59. The predicted molar refractivity (Wildman–Crippen MR) is 57.7 cm³/mol. The Morgan fingerprint density at radius 3 is 2.53 bits per heavy atom. The molecule has 3 N–H and O–H groups in total. The largest absolute Gasteiger partial charge is 0.335 e. The van der Waals surface area contributed by atoms with Crippen molar-refractivity contribution in [2.45, 2.75) is 43.2 Å². The minimum Gasteiger partial charge on any atom is -0.335 e. The molecule has 1 saturated heterocycles. The molecule has 4 nitrogen and oxygen atoms in total. The predicted octanol–water partition coefficient (Wildman–Crippen LogP) is 0.917. The van der Waals surface area contributed by atoms with Crippen molar-refractivity contribution in [1.82, 2.24) is 10.2 Å². The summed E-state index contributed by atoms with van der Waals surface area (Å²) in [6, 6.07) is -0.603. The van der Waals surface area contributed by atoms with Gasteiger partial charge in [-0.3, -0.25) is 0 Å². The van der Waals surface area contributed by atoms with Gasteiger partial charge in [-0.05, 0) is 18.8 Å². The van der Waals surface area contributed by atoms with E-state index in [9.17, 15) is 13.6 Å². The van der Waals surface area contributed by atoms with Crippen molar-refractivity contribution >= 4 is 6.03 Å². The number of hydrogen-bond acceptors (Lipinski definition) is 2. The second-order valence-electron chi connectivity index (χ2n) is 5.76. The Morgan fingerprint density at radius 2 is 2.12 bits per heavy atom. The Kier molecular flexibility index (Phi) is 2.18. The van der Waals surface area contributed by atoms with Gasteiger partial charge < -0.3 is 16.0 Å². The zero-order valence-electron chi connectivity index (χ0n) is 9.59. The van der Waals surface area contributed by atoms with Crippen LogP contribution in [0.2, 0.25) is 0 Å². The Bertz CT molecular complexity index is 355. The molecule has 3 fully saturated rings. The number of urea groups is 1. The molecule has 0 bridgehead atoms. The van der Waals surface area contributed by atoms with Gasteiger partial charge in [0, 0.05) is 37.5 Å². The summed E-state index contributed by atoms with van der Waals surface area (Å²) >= 11 is 0. The molecule has 2 atom stereocenters. The fraction of sp³-hybridized carbons (Fsp3) is 0.909. The van der Waals surface area contributed by atoms with Gasteiger partial charge in [0.05, 0.1) is 0 Å². The highest BCUT2D eigenvalue weighted by Crippen LogP contribution is 2.42. The Morgan fingerprint density at radius 1 is 1.41 bits per heavy atom. The highest BCUT2D eigenvalue weighted by atomic mass is 19.3. The van der Waals surface area contributed by atoms with Crippen LogP contribution in [0.15, 0.2) is 0 Å². The van der Waals surface area contributed by atoms with Crippen LogP contribution in [0.4, 0.5) is 13.6 Å². The lowest BCUT2D eigenvalue weighted by Crippen LogP contribution is -2.56. The first-order chi connectivity index (χ1) is 7.88. The van der Waals surface area contributed by atoms with Crippen molar-refractivity contribution in [3.8, 4) is 0 Å². The van der Waals surface area contributed by atoms with E-state index in [1.807, 2.05) is 0 Å². The maximum absolute atomic E-state index is 12.6. The zero-order valence-corrected chi connectivity index (χ0v) is 9.59. The molecule has 2 amide bonds. The van der Waals surface area contributed by atoms with Gasteiger partial charge in [-0.1, -0.05) is 0 Å². The first-order valence-electron chi connectivity index (χ1n) is 6.10. The van der Waals surface area contributed by atoms with Crippen LogP contribution >= 0.6 is 0 Å². The van der Waals surface area contributed by atoms with Crippen LogP contribution in [-0.4, -0.2) is 41.5 Å². The number of nitrogens with one attached hydrogen (secondary N) is 1. The van der Waals surface area contributed by atoms with E-state index in [0.717, 1.165) is 12.8 Å². The number of amides is 2. The van der Waals surface area contributed by atoms with Crippen molar-refractivity contribution in [3.63, 3.8) is 0 Å². The number of hydrogen-bond donors (Lipinski definition) is 2. The summed E-state index contributed by atoms with van der Waals surface area (Å²) in [6.07, 6.45) is 1.57. The van der Waals surface area contributed by atoms with Crippen LogP contribution in [-0.2, 0) is 0 Å². The van der Waals surface area contributed by atoms with E-state index < -0.39 is 5.92 Å². The summed E-state index contributed by atoms with van der Waals surface area (Å²) in [5.74, 6) is -2.19. The molecule has 2 saturated carbocycles. The molecule has 1 aliphatic heterocycles. The number of alkyl halides is 2. The van der Waals surface area contributed by atoms with Gasteiger partial charge in [0.15, 0.2) is 0 Å². The van der Waals surface area contributed by atoms with E-state index in [1.165, 1.54) is 0 Å². The van der Waals surface area contributed by atoms with E-state index in [0.29, 0.717) is 19.0 Å². The van der Waals surface area contributed by atoms with Crippen LogP contribution in [0.25, 0.3) is 0 Å². The first kappa shape index (κ1) is 11.2.